The standard InChI is InChI=1S/C15H20N2S/c1-3-13-6-4-5-7-14(13)10-16-9-8-15-11-18-12(2)17-15/h4-7,11,16H,3,8-10H2,1-2H3. The Morgan fingerprint density at radius 3 is 2.67 bits per heavy atom. The normalized spacial score (nSPS) is 10.8. The fourth-order valence-corrected chi connectivity index (χ4v) is 2.68. The van der Waals surface area contributed by atoms with Gasteiger partial charge in [-0.05, 0) is 24.5 Å². The van der Waals surface area contributed by atoms with Crippen molar-refractivity contribution in [2.45, 2.75) is 33.2 Å². The number of nitrogens with one attached hydrogen (secondary N) is 1. The third kappa shape index (κ3) is 3.65. The molecule has 0 spiro atoms. The Morgan fingerprint density at radius 2 is 2.00 bits per heavy atom. The molecule has 1 aromatic heterocycles. The maximum absolute atomic E-state index is 4.47. The fourth-order valence-electron chi connectivity index (χ4n) is 2.04. The summed E-state index contributed by atoms with van der Waals surface area (Å²) in [6.07, 6.45) is 2.11. The van der Waals surface area contributed by atoms with E-state index in [1.165, 1.54) is 16.8 Å². The molecular formula is C15H20N2S. The Kier molecular flexibility index (Phi) is 4.90. The van der Waals surface area contributed by atoms with Gasteiger partial charge in [0.1, 0.15) is 0 Å². The molecule has 0 unspecified atom stereocenters. The van der Waals surface area contributed by atoms with Gasteiger partial charge in [-0.25, -0.2) is 4.98 Å². The smallest absolute Gasteiger partial charge is 0.0897 e. The van der Waals surface area contributed by atoms with E-state index >= 15 is 0 Å². The highest BCUT2D eigenvalue weighted by molar-refractivity contribution is 7.09. The van der Waals surface area contributed by atoms with Crippen LogP contribution in [0, 0.1) is 6.92 Å². The number of aromatic nitrogens is 1. The van der Waals surface area contributed by atoms with E-state index in [0.717, 1.165) is 30.9 Å². The van der Waals surface area contributed by atoms with Gasteiger partial charge in [0.15, 0.2) is 0 Å². The molecule has 18 heavy (non-hydrogen) atoms. The van der Waals surface area contributed by atoms with Crippen molar-refractivity contribution < 1.29 is 0 Å². The average Bonchev–Trinajstić information content (AvgIpc) is 2.81. The molecule has 0 radical (unpaired) electrons. The van der Waals surface area contributed by atoms with Gasteiger partial charge in [0.25, 0.3) is 0 Å². The molecule has 1 aromatic carbocycles. The molecule has 2 rings (SSSR count). The first-order chi connectivity index (χ1) is 8.79. The van der Waals surface area contributed by atoms with Crippen LogP contribution in [0.2, 0.25) is 0 Å². The lowest BCUT2D eigenvalue weighted by molar-refractivity contribution is 0.677. The molecule has 0 bridgehead atoms. The first-order valence-corrected chi connectivity index (χ1v) is 7.36. The summed E-state index contributed by atoms with van der Waals surface area (Å²) in [5.41, 5.74) is 4.05. The van der Waals surface area contributed by atoms with Gasteiger partial charge < -0.3 is 5.32 Å². The Bertz CT molecular complexity index is 491. The maximum atomic E-state index is 4.47. The molecule has 0 atom stereocenters. The van der Waals surface area contributed by atoms with Gasteiger partial charge in [0, 0.05) is 24.9 Å². The van der Waals surface area contributed by atoms with Crippen LogP contribution in [-0.4, -0.2) is 11.5 Å². The number of benzene rings is 1. The molecular weight excluding hydrogens is 240 g/mol. The van der Waals surface area contributed by atoms with Gasteiger partial charge in [-0.3, -0.25) is 0 Å². The van der Waals surface area contributed by atoms with Crippen LogP contribution < -0.4 is 5.32 Å². The van der Waals surface area contributed by atoms with Crippen molar-refractivity contribution in [1.29, 1.82) is 0 Å². The number of hydrogen-bond acceptors (Lipinski definition) is 3. The number of hydrogen-bond donors (Lipinski definition) is 1. The van der Waals surface area contributed by atoms with Crippen molar-refractivity contribution >= 4 is 11.3 Å². The second-order valence-electron chi connectivity index (χ2n) is 4.41. The van der Waals surface area contributed by atoms with Crippen LogP contribution in [0.3, 0.4) is 0 Å². The Hall–Kier alpha value is -1.19. The minimum atomic E-state index is 0.952. The van der Waals surface area contributed by atoms with Crippen LogP contribution in [0.4, 0.5) is 0 Å². The SMILES string of the molecule is CCc1ccccc1CNCCc1csc(C)n1. The summed E-state index contributed by atoms with van der Waals surface area (Å²) in [6.45, 7) is 6.20. The lowest BCUT2D eigenvalue weighted by Crippen LogP contribution is -2.17. The van der Waals surface area contributed by atoms with Crippen molar-refractivity contribution in [1.82, 2.24) is 10.3 Å². The minimum Gasteiger partial charge on any atom is -0.312 e. The van der Waals surface area contributed by atoms with Gasteiger partial charge in [0.05, 0.1) is 10.7 Å². The van der Waals surface area contributed by atoms with Crippen LogP contribution in [-0.2, 0) is 19.4 Å². The number of nitrogens with zero attached hydrogens (tertiary/aromatic N) is 1. The maximum Gasteiger partial charge on any atom is 0.0897 e. The van der Waals surface area contributed by atoms with E-state index < -0.39 is 0 Å². The monoisotopic (exact) mass is 260 g/mol. The van der Waals surface area contributed by atoms with Gasteiger partial charge in [-0.15, -0.1) is 11.3 Å². The van der Waals surface area contributed by atoms with Crippen LogP contribution in [0.15, 0.2) is 29.6 Å². The highest BCUT2D eigenvalue weighted by Gasteiger charge is 2.00. The van der Waals surface area contributed by atoms with E-state index in [0.29, 0.717) is 0 Å². The summed E-state index contributed by atoms with van der Waals surface area (Å²) in [5.74, 6) is 0. The molecule has 1 heterocycles. The number of thiazole rings is 1. The van der Waals surface area contributed by atoms with Gasteiger partial charge in [-0.2, -0.15) is 0 Å². The summed E-state index contributed by atoms with van der Waals surface area (Å²) >= 11 is 1.73. The quantitative estimate of drug-likeness (QED) is 0.806. The zero-order valence-corrected chi connectivity index (χ0v) is 11.9. The third-order valence-electron chi connectivity index (χ3n) is 3.04. The highest BCUT2D eigenvalue weighted by atomic mass is 32.1. The average molecular weight is 260 g/mol. The Balaban J connectivity index is 1.78. The zero-order chi connectivity index (χ0) is 12.8. The van der Waals surface area contributed by atoms with Crippen molar-refractivity contribution in [2.24, 2.45) is 0 Å². The first-order valence-electron chi connectivity index (χ1n) is 6.48. The second-order valence-corrected chi connectivity index (χ2v) is 5.47. The number of aryl methyl sites for hydroxylation is 2. The van der Waals surface area contributed by atoms with Crippen molar-refractivity contribution in [3.8, 4) is 0 Å². The topological polar surface area (TPSA) is 24.9 Å². The van der Waals surface area contributed by atoms with E-state index in [1.54, 1.807) is 11.3 Å². The predicted molar refractivity (Wildman–Crippen MR) is 78.1 cm³/mol. The van der Waals surface area contributed by atoms with Crippen LogP contribution in [0.25, 0.3) is 0 Å². The molecule has 0 aliphatic carbocycles. The van der Waals surface area contributed by atoms with E-state index in [2.05, 4.69) is 53.8 Å². The summed E-state index contributed by atoms with van der Waals surface area (Å²) in [5, 5.41) is 6.80. The second kappa shape index (κ2) is 6.66. The van der Waals surface area contributed by atoms with Gasteiger partial charge in [0.2, 0.25) is 0 Å². The highest BCUT2D eigenvalue weighted by Crippen LogP contribution is 2.10. The molecule has 3 heteroatoms. The minimum absolute atomic E-state index is 0.952. The van der Waals surface area contributed by atoms with Crippen molar-refractivity contribution in [3.63, 3.8) is 0 Å². The lowest BCUT2D eigenvalue weighted by atomic mass is 10.1. The molecule has 2 nitrogen and oxygen atoms in total. The largest absolute Gasteiger partial charge is 0.312 e. The van der Waals surface area contributed by atoms with E-state index in [4.69, 9.17) is 0 Å². The summed E-state index contributed by atoms with van der Waals surface area (Å²) < 4.78 is 0. The Labute approximate surface area is 113 Å². The summed E-state index contributed by atoms with van der Waals surface area (Å²) in [4.78, 5) is 4.47. The van der Waals surface area contributed by atoms with Crippen LogP contribution in [0.5, 0.6) is 0 Å². The van der Waals surface area contributed by atoms with Gasteiger partial charge in [-0.1, -0.05) is 31.2 Å². The molecule has 1 N–H and O–H groups in total. The van der Waals surface area contributed by atoms with Crippen LogP contribution >= 0.6 is 11.3 Å². The molecule has 2 aromatic rings. The molecule has 0 fully saturated rings. The molecule has 0 saturated heterocycles. The molecule has 0 saturated carbocycles. The van der Waals surface area contributed by atoms with Crippen LogP contribution in [0.1, 0.15) is 28.8 Å². The number of rotatable bonds is 6. The Morgan fingerprint density at radius 1 is 1.22 bits per heavy atom. The van der Waals surface area contributed by atoms with E-state index in [9.17, 15) is 0 Å². The zero-order valence-electron chi connectivity index (χ0n) is 11.1. The van der Waals surface area contributed by atoms with Gasteiger partial charge >= 0.3 is 0 Å². The lowest BCUT2D eigenvalue weighted by Gasteiger charge is -2.08. The molecule has 0 aliphatic heterocycles. The van der Waals surface area contributed by atoms with E-state index in [1.807, 2.05) is 0 Å². The third-order valence-corrected chi connectivity index (χ3v) is 3.86. The first kappa shape index (κ1) is 13.2. The van der Waals surface area contributed by atoms with Crippen molar-refractivity contribution in [2.75, 3.05) is 6.54 Å². The summed E-state index contributed by atoms with van der Waals surface area (Å²) in [6, 6.07) is 8.64. The van der Waals surface area contributed by atoms with E-state index in [-0.39, 0.29) is 0 Å². The fraction of sp³-hybridized carbons (Fsp3) is 0.400. The predicted octanol–water partition coefficient (Wildman–Crippen LogP) is 3.35. The molecule has 0 amide bonds. The molecule has 0 aliphatic rings. The summed E-state index contributed by atoms with van der Waals surface area (Å²) in [7, 11) is 0. The van der Waals surface area contributed by atoms with Crippen molar-refractivity contribution in [3.05, 3.63) is 51.5 Å². The molecule has 96 valence electrons.